The highest BCUT2D eigenvalue weighted by molar-refractivity contribution is 6.29. The summed E-state index contributed by atoms with van der Waals surface area (Å²) < 4.78 is 24.7. The fourth-order valence-electron chi connectivity index (χ4n) is 1.07. The van der Waals surface area contributed by atoms with E-state index in [0.717, 1.165) is 0 Å². The molecule has 0 saturated heterocycles. The predicted molar refractivity (Wildman–Crippen MR) is 46.8 cm³/mol. The van der Waals surface area contributed by atoms with Crippen LogP contribution in [0.1, 0.15) is 23.2 Å². The molecule has 0 radical (unpaired) electrons. The first-order valence-corrected chi connectivity index (χ1v) is 4.08. The fraction of sp³-hybridized carbons (Fsp3) is 0.375. The number of aromatic nitrogens is 1. The Morgan fingerprint density at radius 2 is 2.23 bits per heavy atom. The molecule has 0 atom stereocenters. The van der Waals surface area contributed by atoms with E-state index in [4.69, 9.17) is 17.3 Å². The molecule has 0 aliphatic heterocycles. The minimum absolute atomic E-state index is 0.0568. The van der Waals surface area contributed by atoms with E-state index in [1.807, 2.05) is 0 Å². The number of halogens is 3. The van der Waals surface area contributed by atoms with E-state index < -0.39 is 6.43 Å². The van der Waals surface area contributed by atoms with E-state index in [0.29, 0.717) is 11.1 Å². The van der Waals surface area contributed by atoms with Crippen molar-refractivity contribution in [1.29, 1.82) is 0 Å². The van der Waals surface area contributed by atoms with Crippen LogP contribution < -0.4 is 5.73 Å². The molecule has 2 nitrogen and oxygen atoms in total. The third-order valence-electron chi connectivity index (χ3n) is 1.81. The van der Waals surface area contributed by atoms with Gasteiger partial charge in [-0.1, -0.05) is 11.6 Å². The van der Waals surface area contributed by atoms with Crippen LogP contribution in [0.2, 0.25) is 5.15 Å². The van der Waals surface area contributed by atoms with Gasteiger partial charge in [0.2, 0.25) is 0 Å². The van der Waals surface area contributed by atoms with Crippen molar-refractivity contribution in [2.24, 2.45) is 5.73 Å². The Bertz CT molecular complexity index is 315. The lowest BCUT2D eigenvalue weighted by atomic mass is 10.1. The van der Waals surface area contributed by atoms with Crippen LogP contribution in [0.3, 0.4) is 0 Å². The standard InChI is InChI=1S/C8H9ClF2N2/c1-4-5(3-12)2-6(9)13-7(4)8(10)11/h2,8H,3,12H2,1H3. The zero-order valence-corrected chi connectivity index (χ0v) is 7.78. The van der Waals surface area contributed by atoms with Gasteiger partial charge in [-0.2, -0.15) is 0 Å². The van der Waals surface area contributed by atoms with Crippen molar-refractivity contribution in [1.82, 2.24) is 4.98 Å². The van der Waals surface area contributed by atoms with Gasteiger partial charge >= 0.3 is 0 Å². The number of nitrogens with zero attached hydrogens (tertiary/aromatic N) is 1. The van der Waals surface area contributed by atoms with Crippen LogP contribution in [0.5, 0.6) is 0 Å². The highest BCUT2D eigenvalue weighted by Gasteiger charge is 2.15. The molecule has 0 saturated carbocycles. The summed E-state index contributed by atoms with van der Waals surface area (Å²) in [4.78, 5) is 3.54. The van der Waals surface area contributed by atoms with Crippen molar-refractivity contribution in [2.45, 2.75) is 19.9 Å². The predicted octanol–water partition coefficient (Wildman–Crippen LogP) is 2.44. The number of rotatable bonds is 2. The van der Waals surface area contributed by atoms with Gasteiger partial charge in [-0.05, 0) is 24.1 Å². The van der Waals surface area contributed by atoms with Crippen LogP contribution in [0.4, 0.5) is 8.78 Å². The first-order valence-electron chi connectivity index (χ1n) is 3.70. The van der Waals surface area contributed by atoms with E-state index >= 15 is 0 Å². The summed E-state index contributed by atoms with van der Waals surface area (Å²) in [5.41, 5.74) is 6.10. The van der Waals surface area contributed by atoms with Crippen LogP contribution in [0, 0.1) is 6.92 Å². The largest absolute Gasteiger partial charge is 0.326 e. The van der Waals surface area contributed by atoms with E-state index in [9.17, 15) is 8.78 Å². The second-order valence-electron chi connectivity index (χ2n) is 2.62. The Kier molecular flexibility index (Phi) is 3.17. The molecule has 0 spiro atoms. The maximum atomic E-state index is 12.4. The third-order valence-corrected chi connectivity index (χ3v) is 2.01. The summed E-state index contributed by atoms with van der Waals surface area (Å²) in [6, 6.07) is 1.50. The number of pyridine rings is 1. The lowest BCUT2D eigenvalue weighted by molar-refractivity contribution is 0.145. The first kappa shape index (κ1) is 10.3. The zero-order valence-electron chi connectivity index (χ0n) is 7.02. The summed E-state index contributed by atoms with van der Waals surface area (Å²) >= 11 is 5.54. The molecular formula is C8H9ClF2N2. The Morgan fingerprint density at radius 3 is 2.69 bits per heavy atom. The maximum Gasteiger partial charge on any atom is 0.280 e. The first-order chi connectivity index (χ1) is 6.06. The maximum absolute atomic E-state index is 12.4. The van der Waals surface area contributed by atoms with Crippen LogP contribution in [-0.2, 0) is 6.54 Å². The Hall–Kier alpha value is -0.740. The molecule has 1 heterocycles. The van der Waals surface area contributed by atoms with Gasteiger partial charge in [0, 0.05) is 6.54 Å². The molecule has 5 heteroatoms. The summed E-state index contributed by atoms with van der Waals surface area (Å²) in [6.45, 7) is 1.75. The molecule has 0 fully saturated rings. The SMILES string of the molecule is Cc1c(CN)cc(Cl)nc1C(F)F. The molecule has 2 N–H and O–H groups in total. The Balaban J connectivity index is 3.27. The van der Waals surface area contributed by atoms with Crippen LogP contribution in [-0.4, -0.2) is 4.98 Å². The van der Waals surface area contributed by atoms with Crippen LogP contribution in [0.25, 0.3) is 0 Å². The van der Waals surface area contributed by atoms with Crippen molar-refractivity contribution in [3.05, 3.63) is 28.0 Å². The van der Waals surface area contributed by atoms with Crippen molar-refractivity contribution in [2.75, 3.05) is 0 Å². The highest BCUT2D eigenvalue weighted by atomic mass is 35.5. The van der Waals surface area contributed by atoms with Gasteiger partial charge < -0.3 is 5.73 Å². The summed E-state index contributed by atoms with van der Waals surface area (Å²) in [7, 11) is 0. The molecule has 0 bridgehead atoms. The van der Waals surface area contributed by atoms with Crippen molar-refractivity contribution < 1.29 is 8.78 Å². The second kappa shape index (κ2) is 3.98. The van der Waals surface area contributed by atoms with Crippen LogP contribution >= 0.6 is 11.6 Å². The zero-order chi connectivity index (χ0) is 10.0. The fourth-order valence-corrected chi connectivity index (χ4v) is 1.29. The molecule has 0 aromatic carbocycles. The molecule has 0 aliphatic carbocycles. The topological polar surface area (TPSA) is 38.9 Å². The Labute approximate surface area is 79.7 Å². The molecule has 0 unspecified atom stereocenters. The van der Waals surface area contributed by atoms with Gasteiger partial charge in [0.15, 0.2) is 0 Å². The quantitative estimate of drug-likeness (QED) is 0.755. The van der Waals surface area contributed by atoms with E-state index in [-0.39, 0.29) is 17.4 Å². The average molecular weight is 207 g/mol. The smallest absolute Gasteiger partial charge is 0.280 e. The van der Waals surface area contributed by atoms with Crippen molar-refractivity contribution >= 4 is 11.6 Å². The monoisotopic (exact) mass is 206 g/mol. The molecule has 1 aromatic rings. The third kappa shape index (κ3) is 2.14. The normalized spacial score (nSPS) is 10.9. The summed E-state index contributed by atoms with van der Waals surface area (Å²) in [5, 5.41) is 0.0568. The van der Waals surface area contributed by atoms with Gasteiger partial charge in [-0.3, -0.25) is 0 Å². The molecule has 1 rings (SSSR count). The molecule has 0 aliphatic rings. The van der Waals surface area contributed by atoms with Crippen LogP contribution in [0.15, 0.2) is 6.07 Å². The van der Waals surface area contributed by atoms with Gasteiger partial charge in [0.05, 0.1) is 0 Å². The number of hydrogen-bond donors (Lipinski definition) is 1. The van der Waals surface area contributed by atoms with Crippen molar-refractivity contribution in [3.63, 3.8) is 0 Å². The highest BCUT2D eigenvalue weighted by Crippen LogP contribution is 2.25. The lowest BCUT2D eigenvalue weighted by Gasteiger charge is -2.08. The van der Waals surface area contributed by atoms with E-state index in [2.05, 4.69) is 4.98 Å². The van der Waals surface area contributed by atoms with Gasteiger partial charge in [-0.25, -0.2) is 13.8 Å². The molecule has 72 valence electrons. The van der Waals surface area contributed by atoms with Crippen molar-refractivity contribution in [3.8, 4) is 0 Å². The van der Waals surface area contributed by atoms with Gasteiger partial charge in [0.1, 0.15) is 10.8 Å². The molecule has 1 aromatic heterocycles. The van der Waals surface area contributed by atoms with Gasteiger partial charge in [-0.15, -0.1) is 0 Å². The molecule has 13 heavy (non-hydrogen) atoms. The summed E-state index contributed by atoms with van der Waals surface area (Å²) in [5.74, 6) is 0. The minimum atomic E-state index is -2.61. The lowest BCUT2D eigenvalue weighted by Crippen LogP contribution is -2.04. The summed E-state index contributed by atoms with van der Waals surface area (Å²) in [6.07, 6.45) is -2.61. The molecule has 0 amide bonds. The van der Waals surface area contributed by atoms with E-state index in [1.165, 1.54) is 6.07 Å². The minimum Gasteiger partial charge on any atom is -0.326 e. The second-order valence-corrected chi connectivity index (χ2v) is 3.01. The number of nitrogens with two attached hydrogens (primary N) is 1. The molecular weight excluding hydrogens is 198 g/mol. The average Bonchev–Trinajstić information content (AvgIpc) is 2.08. The number of hydrogen-bond acceptors (Lipinski definition) is 2. The number of alkyl halides is 2. The Morgan fingerprint density at radius 1 is 1.62 bits per heavy atom. The van der Waals surface area contributed by atoms with Gasteiger partial charge in [0.25, 0.3) is 6.43 Å². The van der Waals surface area contributed by atoms with E-state index in [1.54, 1.807) is 6.92 Å².